The molecule has 2 amide bonds. The molecule has 0 fully saturated rings. The molecule has 0 atom stereocenters. The van der Waals surface area contributed by atoms with Crippen LogP contribution in [-0.4, -0.2) is 29.5 Å². The number of aryl methyl sites for hydroxylation is 1. The van der Waals surface area contributed by atoms with E-state index in [1.807, 2.05) is 0 Å². The van der Waals surface area contributed by atoms with Gasteiger partial charge in [-0.1, -0.05) is 13.8 Å². The Hall–Kier alpha value is -2.24. The minimum Gasteiger partial charge on any atom is -0.463 e. The van der Waals surface area contributed by atoms with Crippen molar-refractivity contribution in [1.82, 2.24) is 15.2 Å². The second kappa shape index (κ2) is 6.47. The summed E-state index contributed by atoms with van der Waals surface area (Å²) in [5.74, 6) is 0.0727. The molecule has 0 unspecified atom stereocenters. The molecule has 6 nitrogen and oxygen atoms in total. The zero-order valence-corrected chi connectivity index (χ0v) is 12.6. The van der Waals surface area contributed by atoms with E-state index in [0.29, 0.717) is 23.7 Å². The Morgan fingerprint density at radius 2 is 2.10 bits per heavy atom. The number of nitrogens with zero attached hydrogens (tertiary/aromatic N) is 1. The third-order valence-electron chi connectivity index (χ3n) is 3.35. The van der Waals surface area contributed by atoms with Gasteiger partial charge >= 0.3 is 0 Å². The first-order chi connectivity index (χ1) is 9.99. The molecular formula is C15H21N3O3. The van der Waals surface area contributed by atoms with Gasteiger partial charge in [-0.2, -0.15) is 0 Å². The molecule has 2 aromatic heterocycles. The molecular weight excluding hydrogens is 270 g/mol. The highest BCUT2D eigenvalue weighted by atomic mass is 16.3. The Kier molecular flexibility index (Phi) is 4.67. The van der Waals surface area contributed by atoms with Crippen LogP contribution >= 0.6 is 0 Å². The summed E-state index contributed by atoms with van der Waals surface area (Å²) in [5, 5.41) is 5.39. The molecule has 0 saturated heterocycles. The van der Waals surface area contributed by atoms with Crippen molar-refractivity contribution in [1.29, 1.82) is 0 Å². The zero-order chi connectivity index (χ0) is 15.4. The van der Waals surface area contributed by atoms with Crippen molar-refractivity contribution in [3.8, 4) is 0 Å². The SMILES string of the molecule is CC(C)CCNC(=O)CNC(=O)c1cc2occc2n1C. The predicted octanol–water partition coefficient (Wildman–Crippen LogP) is 1.66. The number of carbonyl (C=O) groups is 2. The number of fused-ring (bicyclic) bond motifs is 1. The Bertz CT molecular complexity index is 640. The summed E-state index contributed by atoms with van der Waals surface area (Å²) in [7, 11) is 1.79. The summed E-state index contributed by atoms with van der Waals surface area (Å²) >= 11 is 0. The van der Waals surface area contributed by atoms with Crippen LogP contribution in [0.15, 0.2) is 22.8 Å². The predicted molar refractivity (Wildman–Crippen MR) is 80.0 cm³/mol. The lowest BCUT2D eigenvalue weighted by Crippen LogP contribution is -2.38. The summed E-state index contributed by atoms with van der Waals surface area (Å²) in [4.78, 5) is 23.7. The maximum Gasteiger partial charge on any atom is 0.268 e. The van der Waals surface area contributed by atoms with Gasteiger partial charge in [-0.15, -0.1) is 0 Å². The van der Waals surface area contributed by atoms with Crippen molar-refractivity contribution in [2.24, 2.45) is 13.0 Å². The van der Waals surface area contributed by atoms with Crippen molar-refractivity contribution in [2.75, 3.05) is 13.1 Å². The standard InChI is InChI=1S/C15H21N3O3/c1-10(2)4-6-16-14(19)9-17-15(20)12-8-13-11(18(12)3)5-7-21-13/h5,7-8,10H,4,6,9H2,1-3H3,(H,16,19)(H,17,20). The van der Waals surface area contributed by atoms with Crippen LogP contribution in [0.2, 0.25) is 0 Å². The van der Waals surface area contributed by atoms with E-state index in [0.717, 1.165) is 11.9 Å². The summed E-state index contributed by atoms with van der Waals surface area (Å²) in [6.45, 7) is 4.80. The van der Waals surface area contributed by atoms with Crippen LogP contribution in [0.1, 0.15) is 30.8 Å². The number of carbonyl (C=O) groups excluding carboxylic acids is 2. The molecule has 0 spiro atoms. The molecule has 0 aliphatic heterocycles. The van der Waals surface area contributed by atoms with Gasteiger partial charge in [-0.05, 0) is 12.3 Å². The van der Waals surface area contributed by atoms with E-state index in [-0.39, 0.29) is 18.4 Å². The number of rotatable bonds is 6. The normalized spacial score (nSPS) is 11.0. The Labute approximate surface area is 123 Å². The molecule has 0 aliphatic rings. The van der Waals surface area contributed by atoms with E-state index < -0.39 is 0 Å². The molecule has 0 radical (unpaired) electrons. The van der Waals surface area contributed by atoms with Gasteiger partial charge in [-0.25, -0.2) is 0 Å². The van der Waals surface area contributed by atoms with Gasteiger partial charge < -0.3 is 19.6 Å². The number of furan rings is 1. The molecule has 114 valence electrons. The topological polar surface area (TPSA) is 76.3 Å². The number of nitrogens with one attached hydrogen (secondary N) is 2. The van der Waals surface area contributed by atoms with Gasteiger partial charge in [0.05, 0.1) is 18.3 Å². The first-order valence-corrected chi connectivity index (χ1v) is 7.07. The van der Waals surface area contributed by atoms with Crippen molar-refractivity contribution >= 4 is 22.9 Å². The Balaban J connectivity index is 1.85. The summed E-state index contributed by atoms with van der Waals surface area (Å²) in [6, 6.07) is 3.46. The minimum absolute atomic E-state index is 0.0243. The maximum absolute atomic E-state index is 12.1. The van der Waals surface area contributed by atoms with E-state index in [1.165, 1.54) is 0 Å². The van der Waals surface area contributed by atoms with E-state index in [1.54, 1.807) is 30.0 Å². The van der Waals surface area contributed by atoms with Crippen LogP contribution in [-0.2, 0) is 11.8 Å². The highest BCUT2D eigenvalue weighted by Gasteiger charge is 2.15. The molecule has 6 heteroatoms. The van der Waals surface area contributed by atoms with Crippen LogP contribution < -0.4 is 10.6 Å². The molecule has 2 rings (SSSR count). The van der Waals surface area contributed by atoms with Crippen molar-refractivity contribution < 1.29 is 14.0 Å². The third-order valence-corrected chi connectivity index (χ3v) is 3.35. The third kappa shape index (κ3) is 3.65. The minimum atomic E-state index is -0.289. The number of hydrogen-bond donors (Lipinski definition) is 2. The molecule has 0 saturated carbocycles. The molecule has 2 N–H and O–H groups in total. The largest absolute Gasteiger partial charge is 0.463 e. The lowest BCUT2D eigenvalue weighted by molar-refractivity contribution is -0.120. The van der Waals surface area contributed by atoms with Gasteiger partial charge in [0.15, 0.2) is 5.58 Å². The second-order valence-corrected chi connectivity index (χ2v) is 5.47. The van der Waals surface area contributed by atoms with Crippen molar-refractivity contribution in [3.63, 3.8) is 0 Å². The molecule has 0 bridgehead atoms. The molecule has 0 aliphatic carbocycles. The Morgan fingerprint density at radius 3 is 2.76 bits per heavy atom. The fourth-order valence-corrected chi connectivity index (χ4v) is 2.08. The summed E-state index contributed by atoms with van der Waals surface area (Å²) in [5.41, 5.74) is 1.98. The number of aromatic nitrogens is 1. The average molecular weight is 291 g/mol. The summed E-state index contributed by atoms with van der Waals surface area (Å²) < 4.78 is 6.99. The highest BCUT2D eigenvalue weighted by Crippen LogP contribution is 2.19. The van der Waals surface area contributed by atoms with Gasteiger partial charge in [0.2, 0.25) is 5.91 Å². The Morgan fingerprint density at radius 1 is 1.33 bits per heavy atom. The smallest absolute Gasteiger partial charge is 0.268 e. The molecule has 2 aromatic rings. The first kappa shape index (κ1) is 15.2. The monoisotopic (exact) mass is 291 g/mol. The highest BCUT2D eigenvalue weighted by molar-refractivity contribution is 5.99. The number of hydrogen-bond acceptors (Lipinski definition) is 3. The van der Waals surface area contributed by atoms with E-state index in [4.69, 9.17) is 4.42 Å². The van der Waals surface area contributed by atoms with Gasteiger partial charge in [0.25, 0.3) is 5.91 Å². The quantitative estimate of drug-likeness (QED) is 0.850. The van der Waals surface area contributed by atoms with Gasteiger partial charge in [0, 0.05) is 25.7 Å². The van der Waals surface area contributed by atoms with E-state index in [9.17, 15) is 9.59 Å². The lowest BCUT2D eigenvalue weighted by Gasteiger charge is -2.08. The fourth-order valence-electron chi connectivity index (χ4n) is 2.08. The first-order valence-electron chi connectivity index (χ1n) is 7.07. The van der Waals surface area contributed by atoms with Crippen molar-refractivity contribution in [3.05, 3.63) is 24.1 Å². The zero-order valence-electron chi connectivity index (χ0n) is 12.6. The second-order valence-electron chi connectivity index (χ2n) is 5.47. The molecule has 0 aromatic carbocycles. The van der Waals surface area contributed by atoms with E-state index in [2.05, 4.69) is 24.5 Å². The number of amides is 2. The van der Waals surface area contributed by atoms with Crippen LogP contribution in [0.4, 0.5) is 0 Å². The van der Waals surface area contributed by atoms with Crippen LogP contribution in [0.5, 0.6) is 0 Å². The average Bonchev–Trinajstić information content (AvgIpc) is 2.99. The maximum atomic E-state index is 12.1. The molecule has 2 heterocycles. The van der Waals surface area contributed by atoms with Crippen molar-refractivity contribution in [2.45, 2.75) is 20.3 Å². The van der Waals surface area contributed by atoms with E-state index >= 15 is 0 Å². The van der Waals surface area contributed by atoms with Crippen LogP contribution in [0.3, 0.4) is 0 Å². The summed E-state index contributed by atoms with van der Waals surface area (Å²) in [6.07, 6.45) is 2.50. The van der Waals surface area contributed by atoms with Crippen LogP contribution in [0, 0.1) is 5.92 Å². The molecule has 21 heavy (non-hydrogen) atoms. The fraction of sp³-hybridized carbons (Fsp3) is 0.467. The van der Waals surface area contributed by atoms with Crippen LogP contribution in [0.25, 0.3) is 11.1 Å². The van der Waals surface area contributed by atoms with Gasteiger partial charge in [-0.3, -0.25) is 9.59 Å². The lowest BCUT2D eigenvalue weighted by atomic mass is 10.1. The van der Waals surface area contributed by atoms with Gasteiger partial charge in [0.1, 0.15) is 5.69 Å².